The normalized spacial score (nSPS) is 15.8. The third-order valence-electron chi connectivity index (χ3n) is 4.72. The van der Waals surface area contributed by atoms with Gasteiger partial charge < -0.3 is 5.32 Å². The fourth-order valence-electron chi connectivity index (χ4n) is 3.38. The number of hydrogen-bond acceptors (Lipinski definition) is 5. The van der Waals surface area contributed by atoms with Crippen molar-refractivity contribution >= 4 is 11.5 Å². The van der Waals surface area contributed by atoms with Crippen molar-refractivity contribution in [1.29, 1.82) is 0 Å². The third kappa shape index (κ3) is 3.13. The van der Waals surface area contributed by atoms with E-state index in [1.165, 1.54) is 0 Å². The van der Waals surface area contributed by atoms with E-state index in [1.807, 2.05) is 24.3 Å². The minimum absolute atomic E-state index is 0.108. The van der Waals surface area contributed by atoms with Gasteiger partial charge >= 0.3 is 0 Å². The quantitative estimate of drug-likeness (QED) is 0.709. The molecule has 26 heavy (non-hydrogen) atoms. The molecule has 0 bridgehead atoms. The smallest absolute Gasteiger partial charge is 0.275 e. The van der Waals surface area contributed by atoms with Gasteiger partial charge in [0.2, 0.25) is 0 Å². The molecule has 2 aromatic heterocycles. The van der Waals surface area contributed by atoms with Crippen molar-refractivity contribution in [3.8, 4) is 11.3 Å². The lowest BCUT2D eigenvalue weighted by Crippen LogP contribution is -2.23. The third-order valence-corrected chi connectivity index (χ3v) is 4.72. The Bertz CT molecular complexity index is 998. The molecule has 0 aliphatic carbocycles. The predicted molar refractivity (Wildman–Crippen MR) is 99.3 cm³/mol. The van der Waals surface area contributed by atoms with Crippen molar-refractivity contribution < 1.29 is 4.79 Å². The molecule has 0 saturated heterocycles. The molecule has 0 saturated carbocycles. The van der Waals surface area contributed by atoms with Crippen LogP contribution in [0.1, 0.15) is 34.7 Å². The molecule has 6 heteroatoms. The molecular weight excluding hydrogens is 328 g/mol. The van der Waals surface area contributed by atoms with Crippen molar-refractivity contribution in [2.75, 3.05) is 11.9 Å². The van der Waals surface area contributed by atoms with E-state index in [9.17, 15) is 9.59 Å². The number of carbonyl (C=O) groups excluding carboxylic acids is 1. The Hall–Kier alpha value is -3.28. The van der Waals surface area contributed by atoms with Gasteiger partial charge in [-0.15, -0.1) is 0 Å². The largest absolute Gasteiger partial charge is 0.385 e. The topological polar surface area (TPSA) is 87.7 Å². The molecule has 2 N–H and O–H groups in total. The van der Waals surface area contributed by atoms with Gasteiger partial charge in [-0.2, -0.15) is 5.10 Å². The summed E-state index contributed by atoms with van der Waals surface area (Å²) >= 11 is 0. The summed E-state index contributed by atoms with van der Waals surface area (Å²) in [7, 11) is 0. The summed E-state index contributed by atoms with van der Waals surface area (Å²) in [5.74, 6) is -0.0532. The number of nitrogens with one attached hydrogen (secondary N) is 2. The number of pyridine rings is 1. The summed E-state index contributed by atoms with van der Waals surface area (Å²) in [6.45, 7) is 0.823. The van der Waals surface area contributed by atoms with Gasteiger partial charge in [0.05, 0.1) is 11.3 Å². The number of H-pyrrole nitrogens is 1. The van der Waals surface area contributed by atoms with Gasteiger partial charge in [-0.3, -0.25) is 14.6 Å². The maximum atomic E-state index is 12.8. The molecule has 4 rings (SSSR count). The number of para-hydroxylation sites is 1. The summed E-state index contributed by atoms with van der Waals surface area (Å²) in [6, 6.07) is 13.2. The summed E-state index contributed by atoms with van der Waals surface area (Å²) in [4.78, 5) is 29.0. The summed E-state index contributed by atoms with van der Waals surface area (Å²) in [5, 5.41) is 9.84. The molecule has 3 aromatic rings. The molecular formula is C20H18N4O2. The van der Waals surface area contributed by atoms with Gasteiger partial charge in [-0.05, 0) is 42.2 Å². The first kappa shape index (κ1) is 16.2. The number of aromatic nitrogens is 3. The Morgan fingerprint density at radius 2 is 1.96 bits per heavy atom. The highest BCUT2D eigenvalue weighted by Crippen LogP contribution is 2.34. The number of ketones is 1. The number of carbonyl (C=O) groups is 1. The van der Waals surface area contributed by atoms with Crippen molar-refractivity contribution in [2.24, 2.45) is 0 Å². The zero-order chi connectivity index (χ0) is 17.9. The Kier molecular flexibility index (Phi) is 4.31. The highest BCUT2D eigenvalue weighted by Gasteiger charge is 2.24. The minimum Gasteiger partial charge on any atom is -0.385 e. The van der Waals surface area contributed by atoms with Gasteiger partial charge in [0, 0.05) is 36.6 Å². The number of anilines is 1. The zero-order valence-electron chi connectivity index (χ0n) is 14.1. The predicted octanol–water partition coefficient (Wildman–Crippen LogP) is 3.00. The summed E-state index contributed by atoms with van der Waals surface area (Å²) < 4.78 is 0. The second-order valence-corrected chi connectivity index (χ2v) is 6.36. The molecule has 0 spiro atoms. The maximum Gasteiger partial charge on any atom is 0.275 e. The number of fused-ring (bicyclic) bond motifs is 1. The first-order valence-electron chi connectivity index (χ1n) is 8.58. The highest BCUT2D eigenvalue weighted by molar-refractivity contribution is 5.97. The molecule has 0 fully saturated rings. The van der Waals surface area contributed by atoms with Crippen molar-refractivity contribution in [2.45, 2.75) is 18.8 Å². The lowest BCUT2D eigenvalue weighted by molar-refractivity contribution is 0.0970. The van der Waals surface area contributed by atoms with Crippen molar-refractivity contribution in [3.63, 3.8) is 0 Å². The van der Waals surface area contributed by atoms with E-state index in [0.29, 0.717) is 12.1 Å². The van der Waals surface area contributed by atoms with Crippen LogP contribution in [0.25, 0.3) is 11.3 Å². The van der Waals surface area contributed by atoms with Crippen LogP contribution in [0, 0.1) is 0 Å². The Labute approximate surface area is 150 Å². The van der Waals surface area contributed by atoms with Gasteiger partial charge in [0.15, 0.2) is 5.78 Å². The van der Waals surface area contributed by atoms with E-state index in [4.69, 9.17) is 0 Å². The van der Waals surface area contributed by atoms with E-state index in [0.717, 1.165) is 29.8 Å². The van der Waals surface area contributed by atoms with Gasteiger partial charge in [-0.1, -0.05) is 18.2 Å². The number of hydrogen-bond donors (Lipinski definition) is 2. The second kappa shape index (κ2) is 6.92. The molecule has 1 atom stereocenters. The van der Waals surface area contributed by atoms with Crippen LogP contribution in [0.4, 0.5) is 5.69 Å². The Balaban J connectivity index is 1.62. The molecule has 1 aliphatic rings. The van der Waals surface area contributed by atoms with Crippen molar-refractivity contribution in [3.05, 3.63) is 76.3 Å². The Morgan fingerprint density at radius 3 is 2.81 bits per heavy atom. The van der Waals surface area contributed by atoms with E-state index in [2.05, 4.69) is 20.5 Å². The maximum absolute atomic E-state index is 12.8. The van der Waals surface area contributed by atoms with E-state index >= 15 is 0 Å². The first-order chi connectivity index (χ1) is 12.7. The van der Waals surface area contributed by atoms with Crippen LogP contribution < -0.4 is 10.9 Å². The molecule has 130 valence electrons. The standard InChI is InChI=1S/C20H18N4O2/c25-19(11-14-7-10-22-17-4-2-1-3-15(14)17)16-12-18(23-24-20(16)26)13-5-8-21-9-6-13/h1-6,8-9,12,14,22H,7,10-11H2,(H,24,26). The van der Waals surface area contributed by atoms with Crippen LogP contribution in [-0.4, -0.2) is 27.5 Å². The minimum atomic E-state index is -0.449. The first-order valence-corrected chi connectivity index (χ1v) is 8.58. The van der Waals surface area contributed by atoms with Crippen LogP contribution in [0.2, 0.25) is 0 Å². The molecule has 0 radical (unpaired) electrons. The van der Waals surface area contributed by atoms with Crippen LogP contribution in [0.15, 0.2) is 59.7 Å². The van der Waals surface area contributed by atoms with E-state index in [-0.39, 0.29) is 17.3 Å². The van der Waals surface area contributed by atoms with E-state index < -0.39 is 5.56 Å². The number of aromatic amines is 1. The number of Topliss-reactive ketones (excluding diaryl/α,β-unsaturated/α-hetero) is 1. The highest BCUT2D eigenvalue weighted by atomic mass is 16.1. The molecule has 1 aliphatic heterocycles. The molecule has 6 nitrogen and oxygen atoms in total. The van der Waals surface area contributed by atoms with Crippen LogP contribution in [0.5, 0.6) is 0 Å². The van der Waals surface area contributed by atoms with Crippen molar-refractivity contribution in [1.82, 2.24) is 15.2 Å². The number of benzene rings is 1. The fourth-order valence-corrected chi connectivity index (χ4v) is 3.38. The monoisotopic (exact) mass is 346 g/mol. The van der Waals surface area contributed by atoms with E-state index in [1.54, 1.807) is 30.6 Å². The number of nitrogens with zero attached hydrogens (tertiary/aromatic N) is 2. The summed E-state index contributed by atoms with van der Waals surface area (Å²) in [6.07, 6.45) is 4.47. The van der Waals surface area contributed by atoms with Crippen LogP contribution in [0.3, 0.4) is 0 Å². The van der Waals surface area contributed by atoms with Crippen LogP contribution in [-0.2, 0) is 0 Å². The molecule has 0 amide bonds. The molecule has 1 aromatic carbocycles. The Morgan fingerprint density at radius 1 is 1.15 bits per heavy atom. The summed E-state index contributed by atoms with van der Waals surface area (Å²) in [5.41, 5.74) is 3.26. The molecule has 1 unspecified atom stereocenters. The van der Waals surface area contributed by atoms with Gasteiger partial charge in [0.25, 0.3) is 5.56 Å². The SMILES string of the molecule is O=C(CC1CCNc2ccccc21)c1cc(-c2ccncc2)n[nH]c1=O. The average molecular weight is 346 g/mol. The van der Waals surface area contributed by atoms with Gasteiger partial charge in [-0.25, -0.2) is 5.10 Å². The fraction of sp³-hybridized carbons (Fsp3) is 0.200. The lowest BCUT2D eigenvalue weighted by atomic mass is 9.86. The van der Waals surface area contributed by atoms with Gasteiger partial charge in [0.1, 0.15) is 0 Å². The average Bonchev–Trinajstić information content (AvgIpc) is 2.69. The molecule has 3 heterocycles. The lowest BCUT2D eigenvalue weighted by Gasteiger charge is -2.26. The number of rotatable bonds is 4. The van der Waals surface area contributed by atoms with Crippen LogP contribution >= 0.6 is 0 Å². The zero-order valence-corrected chi connectivity index (χ0v) is 14.1. The second-order valence-electron chi connectivity index (χ2n) is 6.36.